The minimum absolute atomic E-state index is 1.32. The van der Waals surface area contributed by atoms with Crippen LogP contribution in [0, 0.1) is 6.92 Å². The minimum atomic E-state index is 1.32. The lowest BCUT2D eigenvalue weighted by molar-refractivity contribution is 0.772. The van der Waals surface area contributed by atoms with Gasteiger partial charge in [-0.2, -0.15) is 0 Å². The number of unbranched alkanes of at least 4 members (excludes halogenated alkanes) is 2. The van der Waals surface area contributed by atoms with Gasteiger partial charge in [0.1, 0.15) is 0 Å². The van der Waals surface area contributed by atoms with Gasteiger partial charge >= 0.3 is 0 Å². The predicted molar refractivity (Wildman–Crippen MR) is 79.1 cm³/mol. The molecule has 0 N–H and O–H groups in total. The van der Waals surface area contributed by atoms with Crippen molar-refractivity contribution >= 4 is 0 Å². The van der Waals surface area contributed by atoms with E-state index in [1.54, 1.807) is 0 Å². The van der Waals surface area contributed by atoms with Crippen molar-refractivity contribution < 1.29 is 0 Å². The average Bonchev–Trinajstić information content (AvgIpc) is 2.37. The predicted octanol–water partition coefficient (Wildman–Crippen LogP) is 6.24. The molecule has 0 spiro atoms. The van der Waals surface area contributed by atoms with Gasteiger partial charge in [0.2, 0.25) is 0 Å². The molecule has 0 fully saturated rings. The van der Waals surface area contributed by atoms with Gasteiger partial charge in [-0.1, -0.05) is 96.7 Å². The van der Waals surface area contributed by atoms with Crippen molar-refractivity contribution in [2.24, 2.45) is 0 Å². The Hall–Kier alpha value is -0.780. The van der Waals surface area contributed by atoms with E-state index in [0.29, 0.717) is 0 Å². The molecule has 0 nitrogen and oxygen atoms in total. The molecule has 16 heavy (non-hydrogen) atoms. The molecule has 0 amide bonds. The molecule has 0 bridgehead atoms. The van der Waals surface area contributed by atoms with E-state index < -0.39 is 0 Å². The number of aryl methyl sites for hydroxylation is 1. The van der Waals surface area contributed by atoms with Gasteiger partial charge in [-0.25, -0.2) is 0 Å². The highest BCUT2D eigenvalue weighted by atomic mass is 13.8. The third-order valence-corrected chi connectivity index (χ3v) is 1.65. The Labute approximate surface area is 104 Å². The number of hydrogen-bond acceptors (Lipinski definition) is 0. The molecule has 0 aromatic heterocycles. The van der Waals surface area contributed by atoms with Crippen molar-refractivity contribution in [3.63, 3.8) is 0 Å². The normalized spacial score (nSPS) is 7.19. The Balaban J connectivity index is -0.000000167. The summed E-state index contributed by atoms with van der Waals surface area (Å²) in [6.07, 6.45) is 4.08. The first-order valence-electron chi connectivity index (χ1n) is 6.82. The zero-order valence-corrected chi connectivity index (χ0v) is 12.5. The summed E-state index contributed by atoms with van der Waals surface area (Å²) >= 11 is 0. The van der Waals surface area contributed by atoms with E-state index in [1.165, 1.54) is 24.8 Å². The van der Waals surface area contributed by atoms with E-state index in [4.69, 9.17) is 0 Å². The van der Waals surface area contributed by atoms with E-state index in [9.17, 15) is 0 Å². The molecule has 0 heterocycles. The quantitative estimate of drug-likeness (QED) is 0.557. The van der Waals surface area contributed by atoms with Crippen molar-refractivity contribution in [2.75, 3.05) is 0 Å². The zero-order valence-electron chi connectivity index (χ0n) is 12.5. The van der Waals surface area contributed by atoms with E-state index in [0.717, 1.165) is 0 Å². The van der Waals surface area contributed by atoms with E-state index in [-0.39, 0.29) is 0 Å². The number of benzene rings is 1. The van der Waals surface area contributed by atoms with Gasteiger partial charge in [0.25, 0.3) is 0 Å². The summed E-state index contributed by atoms with van der Waals surface area (Å²) in [6.45, 7) is 14.5. The molecule has 1 rings (SSSR count). The van der Waals surface area contributed by atoms with Gasteiger partial charge in [-0.3, -0.25) is 0 Å². The second-order valence-corrected chi connectivity index (χ2v) is 3.01. The highest BCUT2D eigenvalue weighted by Crippen LogP contribution is 1.92. The monoisotopic (exact) mass is 224 g/mol. The van der Waals surface area contributed by atoms with Crippen LogP contribution in [0.1, 0.15) is 66.4 Å². The van der Waals surface area contributed by atoms with Crippen LogP contribution in [0.2, 0.25) is 0 Å². The molecule has 1 aromatic carbocycles. The van der Waals surface area contributed by atoms with Crippen molar-refractivity contribution in [2.45, 2.75) is 67.7 Å². The molecule has 1 aromatic rings. The molecule has 0 aliphatic carbocycles. The summed E-state index contributed by atoms with van der Waals surface area (Å²) in [5.74, 6) is 0. The standard InChI is InChI=1S/C7H8.C5H12.2C2H6/c1-7-5-3-2-4-6-7;1-3-5-4-2;2*1-2/h2-6H,1H3;3-5H2,1-2H3;2*1-2H3. The maximum absolute atomic E-state index is 2.21. The van der Waals surface area contributed by atoms with E-state index in [2.05, 4.69) is 32.9 Å². The Bertz CT molecular complexity index is 163. The number of hydrogen-bond donors (Lipinski definition) is 0. The highest BCUT2D eigenvalue weighted by Gasteiger charge is 1.72. The Kier molecular flexibility index (Phi) is 30.6. The van der Waals surface area contributed by atoms with Crippen LogP contribution in [0.5, 0.6) is 0 Å². The van der Waals surface area contributed by atoms with Crippen molar-refractivity contribution in [1.82, 2.24) is 0 Å². The lowest BCUT2D eigenvalue weighted by Crippen LogP contribution is -1.62. The summed E-state index contributed by atoms with van der Waals surface area (Å²) in [5, 5.41) is 0. The maximum atomic E-state index is 2.21. The van der Waals surface area contributed by atoms with Crippen LogP contribution in [0.15, 0.2) is 30.3 Å². The summed E-state index contributed by atoms with van der Waals surface area (Å²) in [7, 11) is 0. The molecule has 0 saturated heterocycles. The third kappa shape index (κ3) is 23.2. The molecule has 0 aliphatic heterocycles. The molecular weight excluding hydrogens is 192 g/mol. The summed E-state index contributed by atoms with van der Waals surface area (Å²) in [4.78, 5) is 0. The molecule has 0 radical (unpaired) electrons. The van der Waals surface area contributed by atoms with Crippen molar-refractivity contribution in [3.05, 3.63) is 35.9 Å². The summed E-state index contributed by atoms with van der Waals surface area (Å²) in [5.41, 5.74) is 1.32. The SMILES string of the molecule is CC.CC.CCCCC.Cc1ccccc1. The van der Waals surface area contributed by atoms with Gasteiger partial charge < -0.3 is 0 Å². The fourth-order valence-electron chi connectivity index (χ4n) is 0.888. The third-order valence-electron chi connectivity index (χ3n) is 1.65. The highest BCUT2D eigenvalue weighted by molar-refractivity contribution is 5.11. The van der Waals surface area contributed by atoms with E-state index >= 15 is 0 Å². The first kappa shape index (κ1) is 20.6. The fourth-order valence-corrected chi connectivity index (χ4v) is 0.888. The second kappa shape index (κ2) is 23.8. The summed E-state index contributed by atoms with van der Waals surface area (Å²) < 4.78 is 0. The molecular formula is C16H32. The largest absolute Gasteiger partial charge is 0.0683 e. The van der Waals surface area contributed by atoms with Crippen LogP contribution in [-0.4, -0.2) is 0 Å². The van der Waals surface area contributed by atoms with Crippen LogP contribution in [-0.2, 0) is 0 Å². The minimum Gasteiger partial charge on any atom is -0.0683 e. The zero-order chi connectivity index (χ0) is 13.2. The van der Waals surface area contributed by atoms with Crippen LogP contribution in [0.25, 0.3) is 0 Å². The Morgan fingerprint density at radius 2 is 1.12 bits per heavy atom. The summed E-state index contributed by atoms with van der Waals surface area (Å²) in [6, 6.07) is 10.3. The molecule has 96 valence electrons. The Morgan fingerprint density at radius 1 is 0.750 bits per heavy atom. The van der Waals surface area contributed by atoms with Crippen LogP contribution in [0.4, 0.5) is 0 Å². The average molecular weight is 224 g/mol. The van der Waals surface area contributed by atoms with Crippen molar-refractivity contribution in [3.8, 4) is 0 Å². The van der Waals surface area contributed by atoms with Crippen molar-refractivity contribution in [1.29, 1.82) is 0 Å². The molecule has 0 heteroatoms. The van der Waals surface area contributed by atoms with Crippen LogP contribution in [0.3, 0.4) is 0 Å². The van der Waals surface area contributed by atoms with Gasteiger partial charge in [-0.15, -0.1) is 0 Å². The van der Waals surface area contributed by atoms with E-state index in [1.807, 2.05) is 45.9 Å². The first-order valence-corrected chi connectivity index (χ1v) is 6.82. The molecule has 0 unspecified atom stereocenters. The molecule has 0 saturated carbocycles. The van der Waals surface area contributed by atoms with Gasteiger partial charge in [0, 0.05) is 0 Å². The maximum Gasteiger partial charge on any atom is -0.0398 e. The smallest absolute Gasteiger partial charge is 0.0398 e. The first-order chi connectivity index (χ1) is 7.81. The van der Waals surface area contributed by atoms with Crippen LogP contribution >= 0.6 is 0 Å². The van der Waals surface area contributed by atoms with Crippen LogP contribution < -0.4 is 0 Å². The molecule has 0 atom stereocenters. The lowest BCUT2D eigenvalue weighted by atomic mass is 10.2. The lowest BCUT2D eigenvalue weighted by Gasteiger charge is -1.82. The van der Waals surface area contributed by atoms with Gasteiger partial charge in [0.15, 0.2) is 0 Å². The topological polar surface area (TPSA) is 0 Å². The number of rotatable bonds is 2. The fraction of sp³-hybridized carbons (Fsp3) is 0.625. The van der Waals surface area contributed by atoms with Gasteiger partial charge in [-0.05, 0) is 6.92 Å². The van der Waals surface area contributed by atoms with Gasteiger partial charge in [0.05, 0.1) is 0 Å². The Morgan fingerprint density at radius 3 is 1.25 bits per heavy atom. The second-order valence-electron chi connectivity index (χ2n) is 3.01. The molecule has 0 aliphatic rings.